The molecule has 1 aromatic heterocycles. The van der Waals surface area contributed by atoms with Crippen LogP contribution in [0.1, 0.15) is 29.7 Å². The van der Waals surface area contributed by atoms with Gasteiger partial charge in [0.15, 0.2) is 0 Å². The summed E-state index contributed by atoms with van der Waals surface area (Å²) in [5.74, 6) is 0. The number of fused-ring (bicyclic) bond motifs is 1. The minimum atomic E-state index is 0.979. The van der Waals surface area contributed by atoms with E-state index in [0.717, 1.165) is 41.9 Å². The molecule has 0 bridgehead atoms. The summed E-state index contributed by atoms with van der Waals surface area (Å²) in [5.41, 5.74) is 10.0. The third-order valence-corrected chi connectivity index (χ3v) is 4.38. The van der Waals surface area contributed by atoms with Gasteiger partial charge in [0, 0.05) is 5.56 Å². The topological polar surface area (TPSA) is 42.2 Å². The quantitative estimate of drug-likeness (QED) is 0.731. The zero-order chi connectivity index (χ0) is 16.4. The Labute approximate surface area is 141 Å². The molecular formula is C20H20N4. The lowest BCUT2D eigenvalue weighted by molar-refractivity contribution is 0.745. The lowest BCUT2D eigenvalue weighted by Gasteiger charge is -2.16. The van der Waals surface area contributed by atoms with E-state index in [1.54, 1.807) is 0 Å². The van der Waals surface area contributed by atoms with Crippen LogP contribution in [0.5, 0.6) is 0 Å². The molecule has 24 heavy (non-hydrogen) atoms. The number of hydrazone groups is 1. The van der Waals surface area contributed by atoms with Crippen LogP contribution in [0.25, 0.3) is 5.69 Å². The fourth-order valence-electron chi connectivity index (χ4n) is 3.08. The monoisotopic (exact) mass is 316 g/mol. The van der Waals surface area contributed by atoms with Crippen molar-refractivity contribution in [3.05, 3.63) is 77.6 Å². The van der Waals surface area contributed by atoms with Gasteiger partial charge in [-0.15, -0.1) is 0 Å². The summed E-state index contributed by atoms with van der Waals surface area (Å²) < 4.78 is 2.05. The average Bonchev–Trinajstić information content (AvgIpc) is 3.06. The molecule has 1 aliphatic rings. The minimum absolute atomic E-state index is 0.979. The van der Waals surface area contributed by atoms with Crippen molar-refractivity contribution in [2.75, 3.05) is 5.43 Å². The number of benzene rings is 2. The molecule has 0 unspecified atom stereocenters. The predicted octanol–water partition coefficient (Wildman–Crippen LogP) is 4.33. The minimum Gasteiger partial charge on any atom is -0.278 e. The summed E-state index contributed by atoms with van der Waals surface area (Å²) in [6, 6.07) is 18.5. The summed E-state index contributed by atoms with van der Waals surface area (Å²) in [4.78, 5) is 0. The highest BCUT2D eigenvalue weighted by Gasteiger charge is 2.21. The van der Waals surface area contributed by atoms with Crippen LogP contribution in [-0.2, 0) is 6.42 Å². The molecule has 4 heteroatoms. The maximum Gasteiger partial charge on any atom is 0.0714 e. The average molecular weight is 316 g/mol. The first kappa shape index (κ1) is 14.7. The van der Waals surface area contributed by atoms with Gasteiger partial charge in [-0.3, -0.25) is 5.43 Å². The first-order chi connectivity index (χ1) is 11.8. The van der Waals surface area contributed by atoms with E-state index in [0.29, 0.717) is 0 Å². The van der Waals surface area contributed by atoms with Crippen molar-refractivity contribution >= 4 is 11.4 Å². The van der Waals surface area contributed by atoms with E-state index >= 15 is 0 Å². The number of aryl methyl sites for hydroxylation is 1. The van der Waals surface area contributed by atoms with E-state index in [1.807, 2.05) is 41.2 Å². The van der Waals surface area contributed by atoms with E-state index in [1.165, 1.54) is 11.3 Å². The van der Waals surface area contributed by atoms with Gasteiger partial charge in [0.2, 0.25) is 0 Å². The van der Waals surface area contributed by atoms with Gasteiger partial charge in [-0.25, -0.2) is 4.68 Å². The van der Waals surface area contributed by atoms with Crippen molar-refractivity contribution in [1.29, 1.82) is 0 Å². The summed E-state index contributed by atoms with van der Waals surface area (Å²) >= 11 is 0. The maximum absolute atomic E-state index is 4.63. The fraction of sp³-hybridized carbons (Fsp3) is 0.200. The standard InChI is InChI=1S/C20H20N4/c1-15-10-12-17(13-11-15)24-20-9-5-8-19(18(20)14-21-24)23-22-16-6-3-2-4-7-16/h2-4,6-7,10-14,22H,5,8-9H2,1H3. The number of anilines is 1. The molecule has 3 aromatic rings. The molecule has 0 saturated carbocycles. The second kappa shape index (κ2) is 6.32. The van der Waals surface area contributed by atoms with Gasteiger partial charge < -0.3 is 0 Å². The van der Waals surface area contributed by atoms with Gasteiger partial charge in [-0.05, 0) is 50.5 Å². The molecule has 0 spiro atoms. The molecule has 0 saturated heterocycles. The summed E-state index contributed by atoms with van der Waals surface area (Å²) in [6.07, 6.45) is 5.06. The molecule has 0 fully saturated rings. The van der Waals surface area contributed by atoms with Crippen LogP contribution < -0.4 is 5.43 Å². The van der Waals surface area contributed by atoms with Crippen LogP contribution in [0.3, 0.4) is 0 Å². The van der Waals surface area contributed by atoms with E-state index in [4.69, 9.17) is 0 Å². The third-order valence-electron chi connectivity index (χ3n) is 4.38. The van der Waals surface area contributed by atoms with Gasteiger partial charge >= 0.3 is 0 Å². The number of nitrogens with one attached hydrogen (secondary N) is 1. The zero-order valence-electron chi connectivity index (χ0n) is 13.7. The normalized spacial score (nSPS) is 15.3. The van der Waals surface area contributed by atoms with Crippen molar-refractivity contribution in [2.45, 2.75) is 26.2 Å². The fourth-order valence-corrected chi connectivity index (χ4v) is 3.08. The van der Waals surface area contributed by atoms with Crippen molar-refractivity contribution in [2.24, 2.45) is 5.10 Å². The Kier molecular flexibility index (Phi) is 3.87. The second-order valence-corrected chi connectivity index (χ2v) is 6.14. The SMILES string of the molecule is Cc1ccc(-n2ncc3c2CCCC3=NNc2ccccc2)cc1. The summed E-state index contributed by atoms with van der Waals surface area (Å²) in [6.45, 7) is 2.10. The van der Waals surface area contributed by atoms with Gasteiger partial charge in [-0.1, -0.05) is 35.9 Å². The predicted molar refractivity (Wildman–Crippen MR) is 97.8 cm³/mol. The van der Waals surface area contributed by atoms with Crippen molar-refractivity contribution in [3.63, 3.8) is 0 Å². The van der Waals surface area contributed by atoms with Crippen molar-refractivity contribution < 1.29 is 0 Å². The van der Waals surface area contributed by atoms with Crippen molar-refractivity contribution in [3.8, 4) is 5.69 Å². The van der Waals surface area contributed by atoms with E-state index in [-0.39, 0.29) is 0 Å². The first-order valence-corrected chi connectivity index (χ1v) is 8.33. The molecule has 4 rings (SSSR count). The molecule has 4 nitrogen and oxygen atoms in total. The molecule has 0 radical (unpaired) electrons. The van der Waals surface area contributed by atoms with Gasteiger partial charge in [-0.2, -0.15) is 10.2 Å². The Bertz CT molecular complexity index is 860. The van der Waals surface area contributed by atoms with Crippen LogP contribution in [0, 0.1) is 6.92 Å². The summed E-state index contributed by atoms with van der Waals surface area (Å²) in [5, 5.41) is 9.24. The molecule has 120 valence electrons. The zero-order valence-corrected chi connectivity index (χ0v) is 13.7. The third kappa shape index (κ3) is 2.83. The molecule has 1 aliphatic carbocycles. The molecule has 0 atom stereocenters. The largest absolute Gasteiger partial charge is 0.278 e. The smallest absolute Gasteiger partial charge is 0.0714 e. The Morgan fingerprint density at radius 3 is 2.58 bits per heavy atom. The van der Waals surface area contributed by atoms with Crippen LogP contribution >= 0.6 is 0 Å². The first-order valence-electron chi connectivity index (χ1n) is 8.33. The Balaban J connectivity index is 1.65. The van der Waals surface area contributed by atoms with Crippen LogP contribution in [-0.4, -0.2) is 15.5 Å². The maximum atomic E-state index is 4.63. The number of para-hydroxylation sites is 1. The van der Waals surface area contributed by atoms with Gasteiger partial charge in [0.1, 0.15) is 0 Å². The molecule has 1 heterocycles. The molecule has 2 aromatic carbocycles. The van der Waals surface area contributed by atoms with Crippen molar-refractivity contribution in [1.82, 2.24) is 9.78 Å². The van der Waals surface area contributed by atoms with Crippen LogP contribution in [0.2, 0.25) is 0 Å². The molecule has 1 N–H and O–H groups in total. The lowest BCUT2D eigenvalue weighted by Crippen LogP contribution is -2.15. The van der Waals surface area contributed by atoms with Gasteiger partial charge in [0.05, 0.1) is 29.0 Å². The summed E-state index contributed by atoms with van der Waals surface area (Å²) in [7, 11) is 0. The molecule has 0 aliphatic heterocycles. The highest BCUT2D eigenvalue weighted by molar-refractivity contribution is 6.02. The molecular weight excluding hydrogens is 296 g/mol. The lowest BCUT2D eigenvalue weighted by atomic mass is 9.96. The highest BCUT2D eigenvalue weighted by atomic mass is 15.3. The second-order valence-electron chi connectivity index (χ2n) is 6.14. The van der Waals surface area contributed by atoms with E-state index in [9.17, 15) is 0 Å². The molecule has 0 amide bonds. The van der Waals surface area contributed by atoms with E-state index < -0.39 is 0 Å². The number of hydrogen-bond donors (Lipinski definition) is 1. The number of hydrogen-bond acceptors (Lipinski definition) is 3. The Hall–Kier alpha value is -2.88. The van der Waals surface area contributed by atoms with E-state index in [2.05, 4.69) is 46.8 Å². The van der Waals surface area contributed by atoms with Crippen LogP contribution in [0.15, 0.2) is 65.9 Å². The number of nitrogens with zero attached hydrogens (tertiary/aromatic N) is 3. The highest BCUT2D eigenvalue weighted by Crippen LogP contribution is 2.24. The Morgan fingerprint density at radius 1 is 1.00 bits per heavy atom. The number of rotatable bonds is 3. The van der Waals surface area contributed by atoms with Gasteiger partial charge in [0.25, 0.3) is 0 Å². The van der Waals surface area contributed by atoms with Crippen LogP contribution in [0.4, 0.5) is 5.69 Å². The number of aromatic nitrogens is 2. The Morgan fingerprint density at radius 2 is 1.79 bits per heavy atom.